The molecule has 0 bridgehead atoms. The molecule has 2 aliphatic rings. The van der Waals surface area contributed by atoms with E-state index in [9.17, 15) is 4.79 Å². The summed E-state index contributed by atoms with van der Waals surface area (Å²) in [6.45, 7) is 2.43. The summed E-state index contributed by atoms with van der Waals surface area (Å²) in [5.41, 5.74) is 1.65. The van der Waals surface area contributed by atoms with E-state index in [1.54, 1.807) is 13.2 Å². The van der Waals surface area contributed by atoms with Gasteiger partial charge in [-0.1, -0.05) is 0 Å². The van der Waals surface area contributed by atoms with Crippen molar-refractivity contribution in [1.82, 2.24) is 10.2 Å². The van der Waals surface area contributed by atoms with Crippen LogP contribution in [0.15, 0.2) is 18.2 Å². The Balaban J connectivity index is 1.83. The summed E-state index contributed by atoms with van der Waals surface area (Å²) in [6, 6.07) is 7.92. The first kappa shape index (κ1) is 13.9. The number of likely N-dealkylation sites (tertiary alicyclic amines) is 1. The van der Waals surface area contributed by atoms with E-state index < -0.39 is 0 Å². The third-order valence-corrected chi connectivity index (χ3v) is 4.50. The van der Waals surface area contributed by atoms with Gasteiger partial charge in [0.05, 0.1) is 24.7 Å². The maximum Gasteiger partial charge on any atom is 0.224 e. The molecular formula is C16H19N3O2. The predicted molar refractivity (Wildman–Crippen MR) is 77.6 cm³/mol. The minimum Gasteiger partial charge on any atom is -0.496 e. The molecule has 2 saturated heterocycles. The van der Waals surface area contributed by atoms with Crippen LogP contribution in [0.25, 0.3) is 0 Å². The van der Waals surface area contributed by atoms with Crippen molar-refractivity contribution >= 4 is 5.91 Å². The number of carbonyl (C=O) groups is 1. The number of carbonyl (C=O) groups excluding carboxylic acids is 1. The van der Waals surface area contributed by atoms with E-state index in [1.165, 1.54) is 0 Å². The van der Waals surface area contributed by atoms with Crippen LogP contribution >= 0.6 is 0 Å². The molecule has 1 N–H and O–H groups in total. The summed E-state index contributed by atoms with van der Waals surface area (Å²) >= 11 is 0. The largest absolute Gasteiger partial charge is 0.496 e. The van der Waals surface area contributed by atoms with E-state index in [2.05, 4.69) is 16.3 Å². The number of piperidine rings is 1. The molecule has 2 unspecified atom stereocenters. The van der Waals surface area contributed by atoms with Crippen LogP contribution in [-0.2, 0) is 11.3 Å². The van der Waals surface area contributed by atoms with Crippen LogP contribution in [0.4, 0.5) is 0 Å². The van der Waals surface area contributed by atoms with Crippen LogP contribution in [-0.4, -0.2) is 37.0 Å². The van der Waals surface area contributed by atoms with Crippen molar-refractivity contribution in [2.75, 3.05) is 20.2 Å². The molecule has 5 nitrogen and oxygen atoms in total. The fourth-order valence-electron chi connectivity index (χ4n) is 3.43. The van der Waals surface area contributed by atoms with Gasteiger partial charge in [0, 0.05) is 24.7 Å². The number of fused-ring (bicyclic) bond motifs is 1. The highest BCUT2D eigenvalue weighted by Crippen LogP contribution is 2.30. The molecule has 2 aliphatic heterocycles. The summed E-state index contributed by atoms with van der Waals surface area (Å²) in [6.07, 6.45) is 2.01. The van der Waals surface area contributed by atoms with Gasteiger partial charge >= 0.3 is 0 Å². The van der Waals surface area contributed by atoms with Crippen LogP contribution in [0, 0.1) is 17.2 Å². The molecule has 2 fully saturated rings. The van der Waals surface area contributed by atoms with Gasteiger partial charge in [0.1, 0.15) is 5.75 Å². The molecule has 110 valence electrons. The zero-order chi connectivity index (χ0) is 14.8. The molecule has 2 atom stereocenters. The third kappa shape index (κ3) is 2.59. The number of rotatable bonds is 3. The predicted octanol–water partition coefficient (Wildman–Crippen LogP) is 1.28. The fraction of sp³-hybridized carbons (Fsp3) is 0.500. The van der Waals surface area contributed by atoms with Gasteiger partial charge in [-0.3, -0.25) is 9.69 Å². The maximum atomic E-state index is 11.8. The average Bonchev–Trinajstić information content (AvgIpc) is 2.90. The molecule has 0 aromatic heterocycles. The van der Waals surface area contributed by atoms with Gasteiger partial charge in [-0.05, 0) is 37.6 Å². The highest BCUT2D eigenvalue weighted by Gasteiger charge is 2.40. The van der Waals surface area contributed by atoms with E-state index in [0.29, 0.717) is 5.56 Å². The van der Waals surface area contributed by atoms with Crippen molar-refractivity contribution < 1.29 is 9.53 Å². The second-order valence-corrected chi connectivity index (χ2v) is 5.67. The van der Waals surface area contributed by atoms with Crippen LogP contribution < -0.4 is 10.1 Å². The lowest BCUT2D eigenvalue weighted by atomic mass is 9.91. The first-order valence-corrected chi connectivity index (χ1v) is 7.31. The molecule has 2 heterocycles. The Hall–Kier alpha value is -2.06. The number of hydrogen-bond donors (Lipinski definition) is 1. The van der Waals surface area contributed by atoms with Gasteiger partial charge in [-0.15, -0.1) is 0 Å². The third-order valence-electron chi connectivity index (χ3n) is 4.50. The zero-order valence-corrected chi connectivity index (χ0v) is 12.1. The van der Waals surface area contributed by atoms with Crippen molar-refractivity contribution in [3.8, 4) is 11.8 Å². The molecule has 5 heteroatoms. The normalized spacial score (nSPS) is 25.0. The van der Waals surface area contributed by atoms with Crippen molar-refractivity contribution in [1.29, 1.82) is 5.26 Å². The second-order valence-electron chi connectivity index (χ2n) is 5.67. The van der Waals surface area contributed by atoms with E-state index in [0.717, 1.165) is 43.8 Å². The SMILES string of the molecule is COc1ccc(C#N)cc1CN1CCCC2C(=O)NCC21. The lowest BCUT2D eigenvalue weighted by molar-refractivity contribution is -0.124. The van der Waals surface area contributed by atoms with Crippen molar-refractivity contribution in [2.24, 2.45) is 5.92 Å². The summed E-state index contributed by atoms with van der Waals surface area (Å²) in [5.74, 6) is 1.10. The van der Waals surface area contributed by atoms with Crippen LogP contribution in [0.3, 0.4) is 0 Å². The average molecular weight is 285 g/mol. The smallest absolute Gasteiger partial charge is 0.224 e. The molecule has 0 spiro atoms. The molecule has 0 saturated carbocycles. The van der Waals surface area contributed by atoms with E-state index in [1.807, 2.05) is 12.1 Å². The van der Waals surface area contributed by atoms with Gasteiger partial charge in [0.25, 0.3) is 0 Å². The molecule has 1 aromatic rings. The molecule has 1 amide bonds. The van der Waals surface area contributed by atoms with Crippen LogP contribution in [0.2, 0.25) is 0 Å². The maximum absolute atomic E-state index is 11.8. The number of nitrogens with one attached hydrogen (secondary N) is 1. The van der Waals surface area contributed by atoms with Crippen LogP contribution in [0.1, 0.15) is 24.0 Å². The number of ether oxygens (including phenoxy) is 1. The quantitative estimate of drug-likeness (QED) is 0.908. The summed E-state index contributed by atoms with van der Waals surface area (Å²) in [4.78, 5) is 14.2. The highest BCUT2D eigenvalue weighted by molar-refractivity contribution is 5.82. The number of benzene rings is 1. The van der Waals surface area contributed by atoms with Crippen molar-refractivity contribution in [3.63, 3.8) is 0 Å². The molecule has 0 radical (unpaired) electrons. The molecule has 1 aromatic carbocycles. The standard InChI is InChI=1S/C16H19N3O2/c1-21-15-5-4-11(8-17)7-12(15)10-19-6-2-3-13-14(19)9-18-16(13)20/h4-5,7,13-14H,2-3,6,9-10H2,1H3,(H,18,20). The van der Waals surface area contributed by atoms with Gasteiger partial charge in [-0.25, -0.2) is 0 Å². The lowest BCUT2D eigenvalue weighted by Gasteiger charge is -2.36. The number of hydrogen-bond acceptors (Lipinski definition) is 4. The topological polar surface area (TPSA) is 65.4 Å². The number of nitriles is 1. The molecule has 3 rings (SSSR count). The first-order chi connectivity index (χ1) is 10.2. The van der Waals surface area contributed by atoms with Gasteiger partial charge in [0.2, 0.25) is 5.91 Å². The Bertz CT molecular complexity index is 594. The number of amides is 1. The Kier molecular flexibility index (Phi) is 3.80. The van der Waals surface area contributed by atoms with Crippen molar-refractivity contribution in [2.45, 2.75) is 25.4 Å². The van der Waals surface area contributed by atoms with Gasteiger partial charge < -0.3 is 10.1 Å². The molecule has 21 heavy (non-hydrogen) atoms. The van der Waals surface area contributed by atoms with Gasteiger partial charge in [-0.2, -0.15) is 5.26 Å². The lowest BCUT2D eigenvalue weighted by Crippen LogP contribution is -2.44. The Morgan fingerprint density at radius 2 is 2.38 bits per heavy atom. The number of methoxy groups -OCH3 is 1. The Morgan fingerprint density at radius 3 is 3.14 bits per heavy atom. The Morgan fingerprint density at radius 1 is 1.52 bits per heavy atom. The molecular weight excluding hydrogens is 266 g/mol. The first-order valence-electron chi connectivity index (χ1n) is 7.31. The van der Waals surface area contributed by atoms with Gasteiger partial charge in [0.15, 0.2) is 0 Å². The van der Waals surface area contributed by atoms with E-state index >= 15 is 0 Å². The second kappa shape index (κ2) is 5.74. The zero-order valence-electron chi connectivity index (χ0n) is 12.1. The minimum absolute atomic E-state index is 0.115. The fourth-order valence-corrected chi connectivity index (χ4v) is 3.43. The molecule has 0 aliphatic carbocycles. The summed E-state index contributed by atoms with van der Waals surface area (Å²) in [5, 5.41) is 12.0. The monoisotopic (exact) mass is 285 g/mol. The number of nitrogens with zero attached hydrogens (tertiary/aromatic N) is 2. The minimum atomic E-state index is 0.115. The van der Waals surface area contributed by atoms with Crippen LogP contribution in [0.5, 0.6) is 5.75 Å². The van der Waals surface area contributed by atoms with Crippen molar-refractivity contribution in [3.05, 3.63) is 29.3 Å². The summed E-state index contributed by atoms with van der Waals surface area (Å²) < 4.78 is 5.40. The van der Waals surface area contributed by atoms with E-state index in [-0.39, 0.29) is 17.9 Å². The van der Waals surface area contributed by atoms with E-state index in [4.69, 9.17) is 10.00 Å². The Labute approximate surface area is 124 Å². The highest BCUT2D eigenvalue weighted by atomic mass is 16.5. The summed E-state index contributed by atoms with van der Waals surface area (Å²) in [7, 11) is 1.64.